The Morgan fingerprint density at radius 1 is 1.07 bits per heavy atom. The summed E-state index contributed by atoms with van der Waals surface area (Å²) in [6, 6.07) is 12.3. The number of allylic oxidation sites excluding steroid dienone is 4. The predicted octanol–water partition coefficient (Wildman–Crippen LogP) is 6.42. The van der Waals surface area contributed by atoms with Gasteiger partial charge in [-0.1, -0.05) is 53.2 Å². The highest BCUT2D eigenvalue weighted by Crippen LogP contribution is 2.39. The van der Waals surface area contributed by atoms with E-state index in [0.717, 1.165) is 17.9 Å². The Labute approximate surface area is 165 Å². The SMILES string of the molecule is C/C=C(C)\C=C(/C=N)c1noc(-c2ccc(-c3ccccc3)c(C(F)(F)F)c2)n1. The Morgan fingerprint density at radius 2 is 1.79 bits per heavy atom. The highest BCUT2D eigenvalue weighted by atomic mass is 19.4. The molecule has 0 aliphatic rings. The second-order valence-electron chi connectivity index (χ2n) is 6.32. The number of halogens is 3. The van der Waals surface area contributed by atoms with Crippen LogP contribution < -0.4 is 0 Å². The van der Waals surface area contributed by atoms with Crippen molar-refractivity contribution in [3.63, 3.8) is 0 Å². The lowest BCUT2D eigenvalue weighted by molar-refractivity contribution is -0.137. The molecule has 3 rings (SSSR count). The summed E-state index contributed by atoms with van der Waals surface area (Å²) in [7, 11) is 0. The largest absolute Gasteiger partial charge is 0.417 e. The molecule has 0 fully saturated rings. The average Bonchev–Trinajstić information content (AvgIpc) is 3.21. The average molecular weight is 397 g/mol. The van der Waals surface area contributed by atoms with Crippen molar-refractivity contribution in [2.75, 3.05) is 0 Å². The number of hydrogen-bond acceptors (Lipinski definition) is 4. The molecule has 0 radical (unpaired) electrons. The Morgan fingerprint density at radius 3 is 2.41 bits per heavy atom. The molecule has 3 aromatic rings. The van der Waals surface area contributed by atoms with Crippen molar-refractivity contribution in [2.24, 2.45) is 0 Å². The molecule has 0 unspecified atom stereocenters. The molecule has 0 saturated carbocycles. The minimum absolute atomic E-state index is 0.0454. The lowest BCUT2D eigenvalue weighted by atomic mass is 9.97. The van der Waals surface area contributed by atoms with E-state index in [1.807, 2.05) is 19.9 Å². The minimum atomic E-state index is -4.55. The van der Waals surface area contributed by atoms with Gasteiger partial charge in [0.2, 0.25) is 5.82 Å². The molecule has 0 amide bonds. The van der Waals surface area contributed by atoms with E-state index in [2.05, 4.69) is 10.1 Å². The van der Waals surface area contributed by atoms with Gasteiger partial charge in [-0.2, -0.15) is 18.2 Å². The summed E-state index contributed by atoms with van der Waals surface area (Å²) in [5, 5.41) is 11.3. The summed E-state index contributed by atoms with van der Waals surface area (Å²) >= 11 is 0. The van der Waals surface area contributed by atoms with Gasteiger partial charge in [-0.15, -0.1) is 0 Å². The fourth-order valence-electron chi connectivity index (χ4n) is 2.74. The zero-order valence-corrected chi connectivity index (χ0v) is 15.8. The molecule has 0 spiro atoms. The van der Waals surface area contributed by atoms with Gasteiger partial charge in [0.05, 0.1) is 5.56 Å². The number of nitrogens with one attached hydrogen (secondary N) is 1. The zero-order chi connectivity index (χ0) is 21.0. The number of hydrogen-bond donors (Lipinski definition) is 1. The topological polar surface area (TPSA) is 62.8 Å². The van der Waals surface area contributed by atoms with Crippen LogP contribution in [0.4, 0.5) is 13.2 Å². The molecular formula is C22H18F3N3O. The van der Waals surface area contributed by atoms with Crippen LogP contribution in [-0.2, 0) is 6.18 Å². The molecule has 0 saturated heterocycles. The van der Waals surface area contributed by atoms with E-state index >= 15 is 0 Å². The maximum atomic E-state index is 13.7. The molecule has 0 aliphatic carbocycles. The van der Waals surface area contributed by atoms with E-state index < -0.39 is 11.7 Å². The van der Waals surface area contributed by atoms with Gasteiger partial charge in [-0.3, -0.25) is 0 Å². The second-order valence-corrected chi connectivity index (χ2v) is 6.32. The summed E-state index contributed by atoms with van der Waals surface area (Å²) in [6.45, 7) is 3.70. The third-order valence-electron chi connectivity index (χ3n) is 4.33. The van der Waals surface area contributed by atoms with Crippen LogP contribution in [0.25, 0.3) is 28.2 Å². The van der Waals surface area contributed by atoms with Crippen LogP contribution in [0, 0.1) is 5.41 Å². The van der Waals surface area contributed by atoms with Gasteiger partial charge in [0, 0.05) is 17.4 Å². The van der Waals surface area contributed by atoms with Crippen LogP contribution in [0.1, 0.15) is 25.2 Å². The standard InChI is InChI=1S/C22H18F3N3O/c1-3-14(2)11-17(13-26)20-27-21(29-28-20)16-9-10-18(15-7-5-4-6-8-15)19(12-16)22(23,24)25/h3-13,26H,1-2H3/b14-3-,17-11+,26-13?. The number of nitrogens with zero attached hydrogens (tertiary/aromatic N) is 2. The molecule has 1 aromatic heterocycles. The van der Waals surface area contributed by atoms with Crippen molar-refractivity contribution in [3.8, 4) is 22.6 Å². The van der Waals surface area contributed by atoms with Gasteiger partial charge in [0.25, 0.3) is 5.89 Å². The Bertz CT molecular complexity index is 1080. The van der Waals surface area contributed by atoms with E-state index in [0.29, 0.717) is 11.1 Å². The molecule has 1 N–H and O–H groups in total. The normalized spacial score (nSPS) is 12.9. The van der Waals surface area contributed by atoms with E-state index in [4.69, 9.17) is 9.93 Å². The van der Waals surface area contributed by atoms with Gasteiger partial charge in [0.1, 0.15) is 0 Å². The summed E-state index contributed by atoms with van der Waals surface area (Å²) in [5.41, 5.74) is 1.20. The van der Waals surface area contributed by atoms with Gasteiger partial charge >= 0.3 is 6.18 Å². The van der Waals surface area contributed by atoms with E-state index in [1.54, 1.807) is 36.4 Å². The smallest absolute Gasteiger partial charge is 0.334 e. The van der Waals surface area contributed by atoms with Crippen LogP contribution in [0.3, 0.4) is 0 Å². The van der Waals surface area contributed by atoms with Gasteiger partial charge in [-0.05, 0) is 43.2 Å². The molecule has 1 heterocycles. The van der Waals surface area contributed by atoms with E-state index in [9.17, 15) is 13.2 Å². The molecule has 0 bridgehead atoms. The highest BCUT2D eigenvalue weighted by molar-refractivity contribution is 6.07. The van der Waals surface area contributed by atoms with Crippen LogP contribution in [-0.4, -0.2) is 16.4 Å². The minimum Gasteiger partial charge on any atom is -0.334 e. The first-order valence-corrected chi connectivity index (χ1v) is 8.79. The summed E-state index contributed by atoms with van der Waals surface area (Å²) in [6.07, 6.45) is 0.0675. The van der Waals surface area contributed by atoms with Crippen molar-refractivity contribution in [3.05, 3.63) is 77.6 Å². The van der Waals surface area contributed by atoms with Gasteiger partial charge in [0.15, 0.2) is 0 Å². The lowest BCUT2D eigenvalue weighted by Crippen LogP contribution is -2.07. The first-order chi connectivity index (χ1) is 13.8. The van der Waals surface area contributed by atoms with Crippen LogP contribution >= 0.6 is 0 Å². The van der Waals surface area contributed by atoms with Crippen molar-refractivity contribution in [2.45, 2.75) is 20.0 Å². The number of rotatable bonds is 5. The molecule has 4 nitrogen and oxygen atoms in total. The Kier molecular flexibility index (Phi) is 5.77. The van der Waals surface area contributed by atoms with E-state index in [-0.39, 0.29) is 22.8 Å². The number of aromatic nitrogens is 2. The molecular weight excluding hydrogens is 379 g/mol. The number of benzene rings is 2. The van der Waals surface area contributed by atoms with Crippen LogP contribution in [0.15, 0.2) is 70.8 Å². The third kappa shape index (κ3) is 4.51. The number of alkyl halides is 3. The molecule has 29 heavy (non-hydrogen) atoms. The van der Waals surface area contributed by atoms with E-state index in [1.165, 1.54) is 12.1 Å². The quantitative estimate of drug-likeness (QED) is 0.399. The molecule has 2 aromatic carbocycles. The van der Waals surface area contributed by atoms with Crippen LogP contribution in [0.2, 0.25) is 0 Å². The lowest BCUT2D eigenvalue weighted by Gasteiger charge is -2.14. The zero-order valence-electron chi connectivity index (χ0n) is 15.8. The first kappa shape index (κ1) is 20.3. The Hall–Kier alpha value is -3.48. The molecule has 0 aliphatic heterocycles. The molecule has 7 heteroatoms. The van der Waals surface area contributed by atoms with Crippen molar-refractivity contribution < 1.29 is 17.7 Å². The fourth-order valence-corrected chi connectivity index (χ4v) is 2.74. The molecule has 148 valence electrons. The van der Waals surface area contributed by atoms with Crippen molar-refractivity contribution in [1.29, 1.82) is 5.41 Å². The van der Waals surface area contributed by atoms with Gasteiger partial charge in [-0.25, -0.2) is 0 Å². The maximum absolute atomic E-state index is 13.7. The summed E-state index contributed by atoms with van der Waals surface area (Å²) < 4.78 is 46.2. The Balaban J connectivity index is 2.06. The first-order valence-electron chi connectivity index (χ1n) is 8.79. The maximum Gasteiger partial charge on any atom is 0.417 e. The fraction of sp³-hybridized carbons (Fsp3) is 0.136. The van der Waals surface area contributed by atoms with Crippen molar-refractivity contribution >= 4 is 11.8 Å². The van der Waals surface area contributed by atoms with Crippen LogP contribution in [0.5, 0.6) is 0 Å². The highest BCUT2D eigenvalue weighted by Gasteiger charge is 2.34. The monoisotopic (exact) mass is 397 g/mol. The predicted molar refractivity (Wildman–Crippen MR) is 106 cm³/mol. The molecule has 0 atom stereocenters. The third-order valence-corrected chi connectivity index (χ3v) is 4.33. The second kappa shape index (κ2) is 8.26. The summed E-state index contributed by atoms with van der Waals surface area (Å²) in [4.78, 5) is 4.17. The van der Waals surface area contributed by atoms with Gasteiger partial charge < -0.3 is 9.93 Å². The van der Waals surface area contributed by atoms with Crippen molar-refractivity contribution in [1.82, 2.24) is 10.1 Å². The summed E-state index contributed by atoms with van der Waals surface area (Å²) in [5.74, 6) is 0.0906.